The summed E-state index contributed by atoms with van der Waals surface area (Å²) in [5.41, 5.74) is 1.26. The average Bonchev–Trinajstić information content (AvgIpc) is 2.81. The molecule has 0 bridgehead atoms. The molecular weight excluding hydrogens is 576 g/mol. The fraction of sp³-hybridized carbons (Fsp3) is 0.160. The van der Waals surface area contributed by atoms with Crippen molar-refractivity contribution in [3.8, 4) is 17.2 Å². The van der Waals surface area contributed by atoms with E-state index < -0.39 is 32.8 Å². The minimum atomic E-state index is -3.86. The van der Waals surface area contributed by atoms with E-state index in [2.05, 4.69) is 0 Å². The standard InChI is InChI=1S/C25H23ClO9S3/c1-37(29,30)34-22-9-5-3-7-19(22)18(20-8-4-6-10-23(20)35-38(2,31)32)13-14-36-24-12-11-17(15-21(24)26)33-16-25(27)28/h3-13,15H,14,16H2,1-2H3,(H,27,28). The molecule has 3 aromatic rings. The van der Waals surface area contributed by atoms with Crippen LogP contribution in [0.25, 0.3) is 5.57 Å². The summed E-state index contributed by atoms with van der Waals surface area (Å²) in [7, 11) is -7.73. The number of ether oxygens (including phenoxy) is 1. The molecule has 0 saturated heterocycles. The number of carboxylic acid groups (broad SMARTS) is 1. The molecule has 0 atom stereocenters. The zero-order valence-electron chi connectivity index (χ0n) is 20.2. The van der Waals surface area contributed by atoms with Crippen LogP contribution in [0.4, 0.5) is 0 Å². The van der Waals surface area contributed by atoms with Crippen molar-refractivity contribution in [1.29, 1.82) is 0 Å². The predicted octanol–water partition coefficient (Wildman–Crippen LogP) is 4.70. The third-order valence-electron chi connectivity index (χ3n) is 4.63. The summed E-state index contributed by atoms with van der Waals surface area (Å²) in [6, 6.07) is 17.7. The summed E-state index contributed by atoms with van der Waals surface area (Å²) in [5, 5.41) is 9.11. The van der Waals surface area contributed by atoms with Crippen molar-refractivity contribution < 1.29 is 39.8 Å². The first-order valence-electron chi connectivity index (χ1n) is 10.8. The van der Waals surface area contributed by atoms with Gasteiger partial charge in [0.25, 0.3) is 0 Å². The molecular formula is C25H23ClO9S3. The number of rotatable bonds is 12. The number of carbonyl (C=O) groups is 1. The number of halogens is 1. The van der Waals surface area contributed by atoms with Crippen molar-refractivity contribution in [1.82, 2.24) is 0 Å². The van der Waals surface area contributed by atoms with Gasteiger partial charge in [-0.15, -0.1) is 11.8 Å². The largest absolute Gasteiger partial charge is 0.482 e. The van der Waals surface area contributed by atoms with Gasteiger partial charge in [-0.2, -0.15) is 16.8 Å². The Bertz CT molecular complexity index is 1490. The lowest BCUT2D eigenvalue weighted by molar-refractivity contribution is -0.139. The van der Waals surface area contributed by atoms with Gasteiger partial charge < -0.3 is 18.2 Å². The molecule has 0 spiro atoms. The number of benzene rings is 3. The second kappa shape index (κ2) is 12.6. The van der Waals surface area contributed by atoms with Crippen LogP contribution < -0.4 is 13.1 Å². The van der Waals surface area contributed by atoms with Gasteiger partial charge in [0, 0.05) is 21.8 Å². The first-order valence-corrected chi connectivity index (χ1v) is 15.8. The maximum Gasteiger partial charge on any atom is 0.341 e. The molecule has 38 heavy (non-hydrogen) atoms. The Morgan fingerprint density at radius 2 is 1.42 bits per heavy atom. The molecule has 1 N–H and O–H groups in total. The zero-order valence-corrected chi connectivity index (χ0v) is 23.4. The van der Waals surface area contributed by atoms with Crippen molar-refractivity contribution in [3.05, 3.63) is 89.0 Å². The molecule has 0 aliphatic heterocycles. The number of para-hydroxylation sites is 2. The molecule has 0 radical (unpaired) electrons. The highest BCUT2D eigenvalue weighted by atomic mass is 35.5. The highest BCUT2D eigenvalue weighted by Crippen LogP contribution is 2.38. The molecule has 9 nitrogen and oxygen atoms in total. The number of carboxylic acids is 1. The molecule has 0 aliphatic carbocycles. The first-order chi connectivity index (χ1) is 17.8. The van der Waals surface area contributed by atoms with Crippen molar-refractivity contribution in [2.75, 3.05) is 24.9 Å². The van der Waals surface area contributed by atoms with Gasteiger partial charge in [-0.25, -0.2) is 4.79 Å². The topological polar surface area (TPSA) is 133 Å². The molecule has 0 aromatic heterocycles. The smallest absolute Gasteiger partial charge is 0.341 e. The van der Waals surface area contributed by atoms with Crippen LogP contribution in [0.1, 0.15) is 11.1 Å². The van der Waals surface area contributed by atoms with E-state index in [1.54, 1.807) is 54.6 Å². The summed E-state index contributed by atoms with van der Waals surface area (Å²) >= 11 is 7.68. The SMILES string of the molecule is CS(=O)(=O)Oc1ccccc1C(=CCSc1ccc(OCC(=O)O)cc1Cl)c1ccccc1OS(C)(=O)=O. The Morgan fingerprint density at radius 3 is 1.89 bits per heavy atom. The quantitative estimate of drug-likeness (QED) is 0.231. The molecule has 0 saturated carbocycles. The van der Waals surface area contributed by atoms with Crippen LogP contribution >= 0.6 is 23.4 Å². The van der Waals surface area contributed by atoms with E-state index in [1.165, 1.54) is 30.0 Å². The van der Waals surface area contributed by atoms with Crippen LogP contribution in [-0.4, -0.2) is 52.8 Å². The molecule has 0 unspecified atom stereocenters. The summed E-state index contributed by atoms with van der Waals surface area (Å²) in [5.74, 6) is -0.379. The van der Waals surface area contributed by atoms with Crippen LogP contribution in [-0.2, 0) is 25.0 Å². The molecule has 13 heteroatoms. The number of hydrogen-bond donors (Lipinski definition) is 1. The van der Waals surface area contributed by atoms with Crippen LogP contribution in [0.2, 0.25) is 5.02 Å². The molecule has 3 aromatic carbocycles. The summed E-state index contributed by atoms with van der Waals surface area (Å²) in [6.45, 7) is -0.501. The van der Waals surface area contributed by atoms with Crippen molar-refractivity contribution in [2.45, 2.75) is 4.90 Å². The van der Waals surface area contributed by atoms with Crippen molar-refractivity contribution >= 4 is 55.1 Å². The predicted molar refractivity (Wildman–Crippen MR) is 146 cm³/mol. The lowest BCUT2D eigenvalue weighted by atomic mass is 9.96. The minimum absolute atomic E-state index is 0.0540. The number of thioether (sulfide) groups is 1. The highest BCUT2D eigenvalue weighted by molar-refractivity contribution is 7.99. The Hall–Kier alpha value is -3.19. The van der Waals surface area contributed by atoms with E-state index in [1.807, 2.05) is 0 Å². The van der Waals surface area contributed by atoms with E-state index in [-0.39, 0.29) is 11.5 Å². The third kappa shape index (κ3) is 8.98. The van der Waals surface area contributed by atoms with E-state index in [4.69, 9.17) is 29.8 Å². The summed E-state index contributed by atoms with van der Waals surface area (Å²) < 4.78 is 63.2. The van der Waals surface area contributed by atoms with Gasteiger partial charge in [0.15, 0.2) is 6.61 Å². The zero-order chi connectivity index (χ0) is 27.9. The van der Waals surface area contributed by atoms with Crippen LogP contribution in [0.15, 0.2) is 77.7 Å². The van der Waals surface area contributed by atoms with Gasteiger partial charge in [0.1, 0.15) is 17.2 Å². The molecule has 0 amide bonds. The van der Waals surface area contributed by atoms with Crippen LogP contribution in [0.5, 0.6) is 17.2 Å². The maximum absolute atomic E-state index is 11.9. The minimum Gasteiger partial charge on any atom is -0.482 e. The first kappa shape index (κ1) is 29.4. The van der Waals surface area contributed by atoms with Gasteiger partial charge in [0.05, 0.1) is 17.5 Å². The van der Waals surface area contributed by atoms with E-state index in [0.717, 1.165) is 12.5 Å². The Morgan fingerprint density at radius 1 is 0.895 bits per heavy atom. The Balaban J connectivity index is 2.02. The molecule has 0 fully saturated rings. The fourth-order valence-corrected chi connectivity index (χ4v) is 5.33. The molecule has 0 aliphatic rings. The number of hydrogen-bond acceptors (Lipinski definition) is 9. The monoisotopic (exact) mass is 598 g/mol. The van der Waals surface area contributed by atoms with Gasteiger partial charge >= 0.3 is 26.2 Å². The third-order valence-corrected chi connectivity index (χ3v) is 7.02. The van der Waals surface area contributed by atoms with E-state index in [9.17, 15) is 21.6 Å². The lowest BCUT2D eigenvalue weighted by Crippen LogP contribution is -2.09. The van der Waals surface area contributed by atoms with E-state index in [0.29, 0.717) is 38.1 Å². The fourth-order valence-electron chi connectivity index (χ4n) is 3.26. The van der Waals surface area contributed by atoms with E-state index >= 15 is 0 Å². The van der Waals surface area contributed by atoms with Crippen molar-refractivity contribution in [2.24, 2.45) is 0 Å². The average molecular weight is 599 g/mol. The normalized spacial score (nSPS) is 11.4. The van der Waals surface area contributed by atoms with Gasteiger partial charge in [-0.1, -0.05) is 54.1 Å². The van der Waals surface area contributed by atoms with Gasteiger partial charge in [-0.05, 0) is 35.9 Å². The van der Waals surface area contributed by atoms with Crippen LogP contribution in [0, 0.1) is 0 Å². The number of aliphatic carboxylic acids is 1. The Labute approximate surface area is 230 Å². The van der Waals surface area contributed by atoms with Gasteiger partial charge in [0.2, 0.25) is 0 Å². The molecule has 3 rings (SSSR count). The van der Waals surface area contributed by atoms with Crippen LogP contribution in [0.3, 0.4) is 0 Å². The maximum atomic E-state index is 11.9. The summed E-state index contributed by atoms with van der Waals surface area (Å²) in [6.07, 6.45) is 3.62. The van der Waals surface area contributed by atoms with Crippen molar-refractivity contribution in [3.63, 3.8) is 0 Å². The summed E-state index contributed by atoms with van der Waals surface area (Å²) in [4.78, 5) is 11.4. The second-order valence-corrected chi connectivity index (χ2v) is 12.4. The molecule has 0 heterocycles. The van der Waals surface area contributed by atoms with Gasteiger partial charge in [-0.3, -0.25) is 0 Å². The molecule has 202 valence electrons. The highest BCUT2D eigenvalue weighted by Gasteiger charge is 2.19. The Kier molecular flexibility index (Phi) is 9.71. The lowest BCUT2D eigenvalue weighted by Gasteiger charge is -2.16. The second-order valence-electron chi connectivity index (χ2n) is 7.77.